The maximum atomic E-state index is 13.8. The minimum Gasteiger partial charge on any atom is -0.332 e. The van der Waals surface area contributed by atoms with E-state index in [4.69, 9.17) is 0 Å². The molecule has 1 amide bonds. The Hall–Kier alpha value is -1.50. The minimum absolute atomic E-state index is 0.0473. The van der Waals surface area contributed by atoms with Gasteiger partial charge in [-0.3, -0.25) is 4.79 Å². The summed E-state index contributed by atoms with van der Waals surface area (Å²) in [5.74, 6) is -1.86. The Morgan fingerprint density at radius 2 is 1.86 bits per heavy atom. The number of carbonyl (C=O) groups is 1. The molecule has 1 aliphatic rings. The van der Waals surface area contributed by atoms with Gasteiger partial charge < -0.3 is 4.90 Å². The molecular weight excluding hydrogens is 399 g/mol. The second kappa shape index (κ2) is 6.32. The third-order valence-corrected chi connectivity index (χ3v) is 4.65. The normalized spacial score (nSPS) is 17.8. The molecule has 1 saturated heterocycles. The van der Waals surface area contributed by atoms with E-state index in [1.807, 2.05) is 24.3 Å². The number of hydrogen-bond donors (Lipinski definition) is 0. The first-order valence-corrected chi connectivity index (χ1v) is 8.15. The lowest BCUT2D eigenvalue weighted by Crippen LogP contribution is -2.31. The number of nitrogens with zero attached hydrogens (tertiary/aromatic N) is 1. The Kier molecular flexibility index (Phi) is 4.42. The van der Waals surface area contributed by atoms with Gasteiger partial charge in [0.1, 0.15) is 11.6 Å². The van der Waals surface area contributed by atoms with Gasteiger partial charge >= 0.3 is 0 Å². The van der Waals surface area contributed by atoms with Gasteiger partial charge in [0.05, 0.1) is 11.6 Å². The van der Waals surface area contributed by atoms with Gasteiger partial charge in [-0.1, -0.05) is 12.1 Å². The third kappa shape index (κ3) is 2.99. The molecule has 1 heterocycles. The zero-order valence-corrected chi connectivity index (χ0v) is 13.9. The van der Waals surface area contributed by atoms with Crippen LogP contribution in [0.25, 0.3) is 0 Å². The summed E-state index contributed by atoms with van der Waals surface area (Å²) in [4.78, 5) is 14.3. The fraction of sp³-hybridized carbons (Fsp3) is 0.235. The molecule has 0 N–H and O–H groups in total. The Balaban J connectivity index is 1.89. The van der Waals surface area contributed by atoms with Crippen LogP contribution in [0.4, 0.5) is 8.78 Å². The summed E-state index contributed by atoms with van der Waals surface area (Å²) in [5, 5.41) is 0. The van der Waals surface area contributed by atoms with Gasteiger partial charge in [-0.25, -0.2) is 8.78 Å². The zero-order valence-electron chi connectivity index (χ0n) is 11.7. The van der Waals surface area contributed by atoms with E-state index in [2.05, 4.69) is 22.6 Å². The lowest BCUT2D eigenvalue weighted by atomic mass is 10.0. The first-order chi connectivity index (χ1) is 10.6. The predicted octanol–water partition coefficient (Wildman–Crippen LogP) is 4.55. The highest BCUT2D eigenvalue weighted by Gasteiger charge is 2.31. The largest absolute Gasteiger partial charge is 0.332 e. The van der Waals surface area contributed by atoms with Crippen LogP contribution < -0.4 is 0 Å². The lowest BCUT2D eigenvalue weighted by Gasteiger charge is -2.25. The molecule has 3 rings (SSSR count). The van der Waals surface area contributed by atoms with Crippen molar-refractivity contribution in [3.8, 4) is 0 Å². The van der Waals surface area contributed by atoms with Crippen molar-refractivity contribution in [2.24, 2.45) is 0 Å². The van der Waals surface area contributed by atoms with Gasteiger partial charge in [0.15, 0.2) is 0 Å². The molecule has 0 radical (unpaired) electrons. The molecule has 0 bridgehead atoms. The lowest BCUT2D eigenvalue weighted by molar-refractivity contribution is 0.0731. The molecule has 5 heteroatoms. The van der Waals surface area contributed by atoms with E-state index in [0.717, 1.165) is 34.1 Å². The standard InChI is InChI=1S/C17H14F2INO/c18-12-5-8-14(15(19)10-12)17(22)21-9-1-2-16(21)11-3-6-13(20)7-4-11/h3-8,10,16H,1-2,9H2. The van der Waals surface area contributed by atoms with Crippen molar-refractivity contribution in [1.29, 1.82) is 0 Å². The summed E-state index contributed by atoms with van der Waals surface area (Å²) in [6.45, 7) is 0.590. The molecule has 0 saturated carbocycles. The highest BCUT2D eigenvalue weighted by Crippen LogP contribution is 2.33. The first-order valence-electron chi connectivity index (χ1n) is 7.08. The van der Waals surface area contributed by atoms with Crippen molar-refractivity contribution in [3.05, 3.63) is 68.8 Å². The average molecular weight is 413 g/mol. The molecular formula is C17H14F2INO. The summed E-state index contributed by atoms with van der Waals surface area (Å²) in [6, 6.07) is 11.0. The van der Waals surface area contributed by atoms with Crippen molar-refractivity contribution >= 4 is 28.5 Å². The summed E-state index contributed by atoms with van der Waals surface area (Å²) in [6.07, 6.45) is 1.74. The summed E-state index contributed by atoms with van der Waals surface area (Å²) >= 11 is 2.23. The molecule has 22 heavy (non-hydrogen) atoms. The summed E-state index contributed by atoms with van der Waals surface area (Å²) in [5.41, 5.74) is 0.979. The zero-order chi connectivity index (χ0) is 15.7. The minimum atomic E-state index is -0.807. The van der Waals surface area contributed by atoms with Crippen LogP contribution in [0.5, 0.6) is 0 Å². The van der Waals surface area contributed by atoms with Crippen LogP contribution >= 0.6 is 22.6 Å². The smallest absolute Gasteiger partial charge is 0.257 e. The van der Waals surface area contributed by atoms with Crippen molar-refractivity contribution in [3.63, 3.8) is 0 Å². The maximum Gasteiger partial charge on any atom is 0.257 e. The van der Waals surface area contributed by atoms with Crippen LogP contribution in [0.2, 0.25) is 0 Å². The van der Waals surface area contributed by atoms with Gasteiger partial charge in [-0.15, -0.1) is 0 Å². The topological polar surface area (TPSA) is 20.3 Å². The van der Waals surface area contributed by atoms with E-state index in [1.165, 1.54) is 6.07 Å². The van der Waals surface area contributed by atoms with Gasteiger partial charge in [0.25, 0.3) is 5.91 Å². The Labute approximate surface area is 141 Å². The highest BCUT2D eigenvalue weighted by molar-refractivity contribution is 14.1. The summed E-state index contributed by atoms with van der Waals surface area (Å²) < 4.78 is 28.0. The second-order valence-corrected chi connectivity index (χ2v) is 6.58. The van der Waals surface area contributed by atoms with E-state index in [0.29, 0.717) is 6.54 Å². The van der Waals surface area contributed by atoms with Crippen LogP contribution in [0.15, 0.2) is 42.5 Å². The van der Waals surface area contributed by atoms with Crippen molar-refractivity contribution in [2.45, 2.75) is 18.9 Å². The maximum absolute atomic E-state index is 13.8. The molecule has 0 aliphatic carbocycles. The van der Waals surface area contributed by atoms with Crippen LogP contribution in [-0.2, 0) is 0 Å². The molecule has 114 valence electrons. The highest BCUT2D eigenvalue weighted by atomic mass is 127. The number of benzene rings is 2. The fourth-order valence-electron chi connectivity index (χ4n) is 2.86. The second-order valence-electron chi connectivity index (χ2n) is 5.33. The first kappa shape index (κ1) is 15.4. The van der Waals surface area contributed by atoms with Gasteiger partial charge in [0.2, 0.25) is 0 Å². The molecule has 1 atom stereocenters. The predicted molar refractivity (Wildman–Crippen MR) is 88.5 cm³/mol. The van der Waals surface area contributed by atoms with Gasteiger partial charge in [-0.05, 0) is 65.3 Å². The van der Waals surface area contributed by atoms with Crippen LogP contribution in [0.3, 0.4) is 0 Å². The molecule has 1 aliphatic heterocycles. The van der Waals surface area contributed by atoms with Crippen LogP contribution in [0, 0.1) is 15.2 Å². The number of rotatable bonds is 2. The number of halogens is 3. The molecule has 1 unspecified atom stereocenters. The van der Waals surface area contributed by atoms with Crippen molar-refractivity contribution < 1.29 is 13.6 Å². The molecule has 2 aromatic rings. The fourth-order valence-corrected chi connectivity index (χ4v) is 3.22. The SMILES string of the molecule is O=C(c1ccc(F)cc1F)N1CCCC1c1ccc(I)cc1. The molecule has 2 aromatic carbocycles. The van der Waals surface area contributed by atoms with Crippen molar-refractivity contribution in [2.75, 3.05) is 6.54 Å². The molecule has 0 aromatic heterocycles. The quantitative estimate of drug-likeness (QED) is 0.662. The van der Waals surface area contributed by atoms with Crippen LogP contribution in [0.1, 0.15) is 34.8 Å². The third-order valence-electron chi connectivity index (χ3n) is 3.93. The molecule has 1 fully saturated rings. The Morgan fingerprint density at radius 1 is 1.14 bits per heavy atom. The van der Waals surface area contributed by atoms with Crippen LogP contribution in [-0.4, -0.2) is 17.4 Å². The number of likely N-dealkylation sites (tertiary alicyclic amines) is 1. The molecule has 0 spiro atoms. The van der Waals surface area contributed by atoms with E-state index >= 15 is 0 Å². The number of carbonyl (C=O) groups excluding carboxylic acids is 1. The van der Waals surface area contributed by atoms with Crippen molar-refractivity contribution in [1.82, 2.24) is 4.90 Å². The van der Waals surface area contributed by atoms with Gasteiger partial charge in [-0.2, -0.15) is 0 Å². The molecule has 2 nitrogen and oxygen atoms in total. The monoisotopic (exact) mass is 413 g/mol. The van der Waals surface area contributed by atoms with E-state index < -0.39 is 11.6 Å². The average Bonchev–Trinajstić information content (AvgIpc) is 2.97. The summed E-state index contributed by atoms with van der Waals surface area (Å²) in [7, 11) is 0. The Bertz CT molecular complexity index is 702. The van der Waals surface area contributed by atoms with E-state index in [1.54, 1.807) is 4.90 Å². The number of amides is 1. The van der Waals surface area contributed by atoms with E-state index in [-0.39, 0.29) is 17.5 Å². The van der Waals surface area contributed by atoms with Gasteiger partial charge in [0, 0.05) is 16.2 Å². The Morgan fingerprint density at radius 3 is 2.55 bits per heavy atom. The number of hydrogen-bond acceptors (Lipinski definition) is 1. The van der Waals surface area contributed by atoms with E-state index in [9.17, 15) is 13.6 Å².